The summed E-state index contributed by atoms with van der Waals surface area (Å²) in [6, 6.07) is 8.93. The summed E-state index contributed by atoms with van der Waals surface area (Å²) in [7, 11) is 0. The number of anilines is 1. The molecule has 1 saturated heterocycles. The van der Waals surface area contributed by atoms with Crippen LogP contribution >= 0.6 is 0 Å². The molecule has 1 aromatic carbocycles. The van der Waals surface area contributed by atoms with Gasteiger partial charge < -0.3 is 5.32 Å². The molecule has 2 aromatic rings. The molecule has 1 amide bonds. The highest BCUT2D eigenvalue weighted by Crippen LogP contribution is 2.34. The van der Waals surface area contributed by atoms with Gasteiger partial charge in [0.15, 0.2) is 0 Å². The summed E-state index contributed by atoms with van der Waals surface area (Å²) in [6.45, 7) is 3.84. The SMILES string of the molecule is O=C(CN1CCN(Cc2cccnc2)CC1)Nc1ccccc1C(F)(F)F. The standard InChI is InChI=1S/C19H21F3N4O/c20-19(21,22)16-5-1-2-6-17(16)24-18(27)14-26-10-8-25(9-11-26)13-15-4-3-7-23-12-15/h1-7,12H,8-11,13-14H2,(H,24,27). The van der Waals surface area contributed by atoms with E-state index in [1.54, 1.807) is 6.20 Å². The maximum atomic E-state index is 13.0. The minimum atomic E-state index is -4.50. The number of carbonyl (C=O) groups is 1. The van der Waals surface area contributed by atoms with Gasteiger partial charge in [0.1, 0.15) is 0 Å². The van der Waals surface area contributed by atoms with Gasteiger partial charge in [-0.3, -0.25) is 19.6 Å². The minimum absolute atomic E-state index is 0.0763. The number of hydrogen-bond donors (Lipinski definition) is 1. The fraction of sp³-hybridized carbons (Fsp3) is 0.368. The number of pyridine rings is 1. The maximum absolute atomic E-state index is 13.0. The number of carbonyl (C=O) groups excluding carboxylic acids is 1. The topological polar surface area (TPSA) is 48.5 Å². The molecule has 1 aromatic heterocycles. The largest absolute Gasteiger partial charge is 0.418 e. The molecule has 1 aliphatic heterocycles. The van der Waals surface area contributed by atoms with Gasteiger partial charge in [0.25, 0.3) is 0 Å². The van der Waals surface area contributed by atoms with Gasteiger partial charge in [0.05, 0.1) is 17.8 Å². The number of benzene rings is 1. The van der Waals surface area contributed by atoms with E-state index >= 15 is 0 Å². The molecule has 1 aliphatic rings. The summed E-state index contributed by atoms with van der Waals surface area (Å²) in [5, 5.41) is 2.39. The van der Waals surface area contributed by atoms with Crippen molar-refractivity contribution in [2.24, 2.45) is 0 Å². The van der Waals surface area contributed by atoms with E-state index in [2.05, 4.69) is 15.2 Å². The van der Waals surface area contributed by atoms with Crippen LogP contribution in [-0.2, 0) is 17.5 Å². The Bertz CT molecular complexity index is 759. The van der Waals surface area contributed by atoms with Gasteiger partial charge in [0.2, 0.25) is 5.91 Å². The van der Waals surface area contributed by atoms with Crippen LogP contribution in [0.25, 0.3) is 0 Å². The van der Waals surface area contributed by atoms with Gasteiger partial charge in [-0.25, -0.2) is 0 Å². The summed E-state index contributed by atoms with van der Waals surface area (Å²) in [6.07, 6.45) is -0.934. The lowest BCUT2D eigenvalue weighted by molar-refractivity contribution is -0.137. The first-order chi connectivity index (χ1) is 12.9. The number of nitrogens with one attached hydrogen (secondary N) is 1. The van der Waals surface area contributed by atoms with Crippen LogP contribution < -0.4 is 5.32 Å². The van der Waals surface area contributed by atoms with Crippen molar-refractivity contribution in [3.8, 4) is 0 Å². The number of halogens is 3. The van der Waals surface area contributed by atoms with Gasteiger partial charge >= 0.3 is 6.18 Å². The van der Waals surface area contributed by atoms with E-state index in [0.29, 0.717) is 13.1 Å². The van der Waals surface area contributed by atoms with E-state index in [4.69, 9.17) is 0 Å². The predicted octanol–water partition coefficient (Wildman–Crippen LogP) is 2.86. The van der Waals surface area contributed by atoms with Crippen LogP contribution in [0.3, 0.4) is 0 Å². The molecule has 5 nitrogen and oxygen atoms in total. The lowest BCUT2D eigenvalue weighted by Crippen LogP contribution is -2.48. The number of nitrogens with zero attached hydrogens (tertiary/aromatic N) is 3. The number of para-hydroxylation sites is 1. The van der Waals surface area contributed by atoms with E-state index in [1.807, 2.05) is 23.2 Å². The van der Waals surface area contributed by atoms with Crippen molar-refractivity contribution < 1.29 is 18.0 Å². The highest BCUT2D eigenvalue weighted by Gasteiger charge is 2.33. The average Bonchev–Trinajstić information content (AvgIpc) is 2.64. The second kappa shape index (κ2) is 8.49. The third-order valence-electron chi connectivity index (χ3n) is 4.47. The van der Waals surface area contributed by atoms with E-state index in [9.17, 15) is 18.0 Å². The van der Waals surface area contributed by atoms with E-state index in [0.717, 1.165) is 31.3 Å². The van der Waals surface area contributed by atoms with Gasteiger partial charge in [-0.15, -0.1) is 0 Å². The van der Waals surface area contributed by atoms with Crippen molar-refractivity contribution >= 4 is 11.6 Å². The Kier molecular flexibility index (Phi) is 6.08. The average molecular weight is 378 g/mol. The molecule has 0 radical (unpaired) electrons. The molecule has 0 aliphatic carbocycles. The van der Waals surface area contributed by atoms with Crippen LogP contribution in [0.5, 0.6) is 0 Å². The molecular weight excluding hydrogens is 357 g/mol. The lowest BCUT2D eigenvalue weighted by Gasteiger charge is -2.34. The van der Waals surface area contributed by atoms with Crippen LogP contribution in [-0.4, -0.2) is 53.4 Å². The van der Waals surface area contributed by atoms with Gasteiger partial charge in [-0.05, 0) is 23.8 Å². The van der Waals surface area contributed by atoms with E-state index < -0.39 is 17.6 Å². The van der Waals surface area contributed by atoms with Crippen LogP contribution in [0.4, 0.5) is 18.9 Å². The molecule has 1 N–H and O–H groups in total. The van der Waals surface area contributed by atoms with Crippen LogP contribution in [0, 0.1) is 0 Å². The normalized spacial score (nSPS) is 16.3. The number of alkyl halides is 3. The summed E-state index contributed by atoms with van der Waals surface area (Å²) in [4.78, 5) is 20.5. The zero-order valence-corrected chi connectivity index (χ0v) is 14.7. The minimum Gasteiger partial charge on any atom is -0.324 e. The molecule has 1 fully saturated rings. The first kappa shape index (κ1) is 19.3. The number of hydrogen-bond acceptors (Lipinski definition) is 4. The van der Waals surface area contributed by atoms with Crippen molar-refractivity contribution in [3.05, 3.63) is 59.9 Å². The zero-order chi connectivity index (χ0) is 19.3. The Morgan fingerprint density at radius 2 is 1.74 bits per heavy atom. The summed E-state index contributed by atoms with van der Waals surface area (Å²) < 4.78 is 39.0. The highest BCUT2D eigenvalue weighted by molar-refractivity contribution is 5.93. The van der Waals surface area contributed by atoms with Crippen LogP contribution in [0.1, 0.15) is 11.1 Å². The summed E-state index contributed by atoms with van der Waals surface area (Å²) in [5.74, 6) is -0.438. The van der Waals surface area contributed by atoms with Crippen LogP contribution in [0.2, 0.25) is 0 Å². The number of aromatic nitrogens is 1. The molecular formula is C19H21F3N4O. The summed E-state index contributed by atoms with van der Waals surface area (Å²) >= 11 is 0. The van der Waals surface area contributed by atoms with E-state index in [-0.39, 0.29) is 12.2 Å². The fourth-order valence-electron chi connectivity index (χ4n) is 3.09. The van der Waals surface area contributed by atoms with Crippen molar-refractivity contribution in [2.75, 3.05) is 38.0 Å². The molecule has 0 spiro atoms. The summed E-state index contributed by atoms with van der Waals surface area (Å²) in [5.41, 5.74) is 0.0947. The second-order valence-electron chi connectivity index (χ2n) is 6.51. The van der Waals surface area contributed by atoms with Gasteiger partial charge in [0, 0.05) is 45.1 Å². The Hall–Kier alpha value is -2.45. The monoisotopic (exact) mass is 378 g/mol. The number of amides is 1. The molecule has 0 saturated carbocycles. The molecule has 0 bridgehead atoms. The first-order valence-corrected chi connectivity index (χ1v) is 8.71. The molecule has 8 heteroatoms. The van der Waals surface area contributed by atoms with Crippen molar-refractivity contribution in [1.29, 1.82) is 0 Å². The van der Waals surface area contributed by atoms with Crippen molar-refractivity contribution in [3.63, 3.8) is 0 Å². The Labute approximate surface area is 155 Å². The van der Waals surface area contributed by atoms with Crippen molar-refractivity contribution in [2.45, 2.75) is 12.7 Å². The molecule has 144 valence electrons. The zero-order valence-electron chi connectivity index (χ0n) is 14.7. The third kappa shape index (κ3) is 5.51. The molecule has 0 unspecified atom stereocenters. The van der Waals surface area contributed by atoms with Crippen LogP contribution in [0.15, 0.2) is 48.8 Å². The third-order valence-corrected chi connectivity index (χ3v) is 4.47. The molecule has 2 heterocycles. The number of rotatable bonds is 5. The smallest absolute Gasteiger partial charge is 0.324 e. The molecule has 3 rings (SSSR count). The molecule has 27 heavy (non-hydrogen) atoms. The Morgan fingerprint density at radius 1 is 1.04 bits per heavy atom. The fourth-order valence-corrected chi connectivity index (χ4v) is 3.09. The molecule has 0 atom stereocenters. The Balaban J connectivity index is 1.49. The van der Waals surface area contributed by atoms with Gasteiger partial charge in [-0.2, -0.15) is 13.2 Å². The predicted molar refractivity (Wildman–Crippen MR) is 96.0 cm³/mol. The van der Waals surface area contributed by atoms with Gasteiger partial charge in [-0.1, -0.05) is 18.2 Å². The maximum Gasteiger partial charge on any atom is 0.418 e. The van der Waals surface area contributed by atoms with E-state index in [1.165, 1.54) is 18.2 Å². The lowest BCUT2D eigenvalue weighted by atomic mass is 10.1. The highest BCUT2D eigenvalue weighted by atomic mass is 19.4. The quantitative estimate of drug-likeness (QED) is 0.869. The first-order valence-electron chi connectivity index (χ1n) is 8.71. The van der Waals surface area contributed by atoms with Crippen molar-refractivity contribution in [1.82, 2.24) is 14.8 Å². The number of piperazine rings is 1. The Morgan fingerprint density at radius 3 is 2.41 bits per heavy atom. The second-order valence-corrected chi connectivity index (χ2v) is 6.51.